The van der Waals surface area contributed by atoms with E-state index in [9.17, 15) is 0 Å². The summed E-state index contributed by atoms with van der Waals surface area (Å²) in [4.78, 5) is 2.39. The van der Waals surface area contributed by atoms with Gasteiger partial charge in [-0.3, -0.25) is 0 Å². The standard InChI is InChI=1S/C4H11B2NO/c5-6-7-1-3-8-4-2-7/h6H,1-5H2. The molecule has 0 amide bonds. The van der Waals surface area contributed by atoms with Gasteiger partial charge in [-0.15, -0.1) is 0 Å². The van der Waals surface area contributed by atoms with Gasteiger partial charge in [-0.2, -0.15) is 0 Å². The SMILES string of the molecule is BBN1CCOCC1. The van der Waals surface area contributed by atoms with Crippen LogP contribution in [0.15, 0.2) is 0 Å². The van der Waals surface area contributed by atoms with Crippen molar-refractivity contribution in [1.29, 1.82) is 0 Å². The molecule has 0 unspecified atom stereocenters. The third-order valence-corrected chi connectivity index (χ3v) is 1.55. The van der Waals surface area contributed by atoms with Crippen molar-refractivity contribution in [2.45, 2.75) is 0 Å². The van der Waals surface area contributed by atoms with Crippen LogP contribution in [0.5, 0.6) is 0 Å². The number of nitrogens with zero attached hydrogens (tertiary/aromatic N) is 1. The maximum Gasteiger partial charge on any atom is 0.161 e. The highest BCUT2D eigenvalue weighted by Crippen LogP contribution is 1.91. The van der Waals surface area contributed by atoms with Gasteiger partial charge in [0.05, 0.1) is 21.0 Å². The third-order valence-electron chi connectivity index (χ3n) is 1.55. The molecule has 1 aliphatic heterocycles. The molecule has 1 rings (SSSR count). The Labute approximate surface area is 51.8 Å². The van der Waals surface area contributed by atoms with E-state index in [1.54, 1.807) is 0 Å². The normalized spacial score (nSPS) is 23.0. The lowest BCUT2D eigenvalue weighted by molar-refractivity contribution is 0.0734. The molecule has 1 heterocycles. The molecular formula is C4H11B2NO. The number of hydrogen-bond donors (Lipinski definition) is 0. The number of rotatable bonds is 1. The Hall–Kier alpha value is 0.0499. The van der Waals surface area contributed by atoms with Gasteiger partial charge < -0.3 is 9.55 Å². The monoisotopic (exact) mass is 111 g/mol. The Morgan fingerprint density at radius 1 is 1.38 bits per heavy atom. The fraction of sp³-hybridized carbons (Fsp3) is 1.00. The highest BCUT2D eigenvalue weighted by Gasteiger charge is 2.06. The van der Waals surface area contributed by atoms with Gasteiger partial charge in [0, 0.05) is 13.1 Å². The molecule has 8 heavy (non-hydrogen) atoms. The van der Waals surface area contributed by atoms with Gasteiger partial charge in [0.2, 0.25) is 0 Å². The second kappa shape index (κ2) is 3.15. The second-order valence-electron chi connectivity index (χ2n) is 2.05. The highest BCUT2D eigenvalue weighted by atomic mass is 16.5. The molecule has 1 aliphatic rings. The van der Waals surface area contributed by atoms with E-state index >= 15 is 0 Å². The lowest BCUT2D eigenvalue weighted by atomic mass is 9.65. The van der Waals surface area contributed by atoms with E-state index in [0.29, 0.717) is 0 Å². The first-order chi connectivity index (χ1) is 3.93. The summed E-state index contributed by atoms with van der Waals surface area (Å²) in [6.07, 6.45) is 0. The van der Waals surface area contributed by atoms with E-state index in [0.717, 1.165) is 26.3 Å². The van der Waals surface area contributed by atoms with E-state index in [-0.39, 0.29) is 0 Å². The van der Waals surface area contributed by atoms with E-state index in [1.807, 2.05) is 0 Å². The van der Waals surface area contributed by atoms with E-state index < -0.39 is 0 Å². The average Bonchev–Trinajstić information content (AvgIpc) is 1.90. The molecule has 0 aromatic heterocycles. The predicted molar refractivity (Wildman–Crippen MR) is 38.1 cm³/mol. The van der Waals surface area contributed by atoms with Crippen LogP contribution >= 0.6 is 0 Å². The summed E-state index contributed by atoms with van der Waals surface area (Å²) in [5.41, 5.74) is 0. The maximum atomic E-state index is 5.16. The van der Waals surface area contributed by atoms with Crippen molar-refractivity contribution in [3.05, 3.63) is 0 Å². The molecule has 1 fully saturated rings. The lowest BCUT2D eigenvalue weighted by Crippen LogP contribution is -2.38. The summed E-state index contributed by atoms with van der Waals surface area (Å²) in [6.45, 7) is 4.09. The Bertz CT molecular complexity index is 65.1. The minimum absolute atomic E-state index is 0.924. The average molecular weight is 111 g/mol. The van der Waals surface area contributed by atoms with Gasteiger partial charge in [0.25, 0.3) is 0 Å². The topological polar surface area (TPSA) is 12.5 Å². The van der Waals surface area contributed by atoms with Crippen molar-refractivity contribution in [2.24, 2.45) is 0 Å². The highest BCUT2D eigenvalue weighted by molar-refractivity contribution is 6.87. The van der Waals surface area contributed by atoms with Gasteiger partial charge in [-0.1, -0.05) is 0 Å². The molecule has 1 saturated heterocycles. The second-order valence-corrected chi connectivity index (χ2v) is 2.05. The van der Waals surface area contributed by atoms with Crippen LogP contribution in [0.3, 0.4) is 0 Å². The Kier molecular flexibility index (Phi) is 2.43. The van der Waals surface area contributed by atoms with Crippen LogP contribution in [-0.4, -0.2) is 46.2 Å². The molecule has 0 spiro atoms. The van der Waals surface area contributed by atoms with Crippen molar-refractivity contribution in [3.8, 4) is 0 Å². The van der Waals surface area contributed by atoms with E-state index in [2.05, 4.69) is 12.5 Å². The fourth-order valence-corrected chi connectivity index (χ4v) is 0.917. The number of morpholine rings is 1. The Balaban J connectivity index is 2.13. The zero-order valence-corrected chi connectivity index (χ0v) is 5.39. The van der Waals surface area contributed by atoms with Crippen molar-refractivity contribution in [3.63, 3.8) is 0 Å². The van der Waals surface area contributed by atoms with Crippen LogP contribution < -0.4 is 0 Å². The van der Waals surface area contributed by atoms with Crippen molar-refractivity contribution < 1.29 is 4.74 Å². The van der Waals surface area contributed by atoms with E-state index in [4.69, 9.17) is 4.74 Å². The first kappa shape index (κ1) is 6.17. The van der Waals surface area contributed by atoms with Gasteiger partial charge in [-0.25, -0.2) is 0 Å². The summed E-state index contributed by atoms with van der Waals surface area (Å²) >= 11 is 0. The van der Waals surface area contributed by atoms with Gasteiger partial charge >= 0.3 is 0 Å². The minimum Gasteiger partial charge on any atom is -0.379 e. The minimum atomic E-state index is 0.924. The smallest absolute Gasteiger partial charge is 0.161 e. The summed E-state index contributed by atoms with van der Waals surface area (Å²) in [5.74, 6) is 0. The van der Waals surface area contributed by atoms with Crippen LogP contribution in [-0.2, 0) is 4.74 Å². The van der Waals surface area contributed by atoms with Gasteiger partial charge in [0.15, 0.2) is 7.31 Å². The summed E-state index contributed by atoms with van der Waals surface area (Å²) in [5, 5.41) is 0. The molecule has 2 nitrogen and oxygen atoms in total. The van der Waals surface area contributed by atoms with Crippen LogP contribution in [0.4, 0.5) is 0 Å². The molecular weight excluding hydrogens is 99.7 g/mol. The molecule has 0 atom stereocenters. The number of hydrogen-bond acceptors (Lipinski definition) is 2. The van der Waals surface area contributed by atoms with Gasteiger partial charge in [-0.05, 0) is 0 Å². The van der Waals surface area contributed by atoms with E-state index in [1.165, 1.54) is 7.31 Å². The molecule has 0 radical (unpaired) electrons. The molecule has 0 aromatic rings. The van der Waals surface area contributed by atoms with Crippen molar-refractivity contribution in [1.82, 2.24) is 4.81 Å². The fourth-order valence-electron chi connectivity index (χ4n) is 0.917. The van der Waals surface area contributed by atoms with Crippen LogP contribution in [0.1, 0.15) is 0 Å². The molecule has 0 N–H and O–H groups in total. The first-order valence-corrected chi connectivity index (χ1v) is 3.23. The summed E-state index contributed by atoms with van der Waals surface area (Å²) in [6, 6.07) is 0. The zero-order chi connectivity index (χ0) is 5.82. The van der Waals surface area contributed by atoms with Crippen LogP contribution in [0.2, 0.25) is 0 Å². The molecule has 44 valence electrons. The quantitative estimate of drug-likeness (QED) is 0.370. The van der Waals surface area contributed by atoms with Gasteiger partial charge in [0.1, 0.15) is 0 Å². The van der Waals surface area contributed by atoms with Crippen LogP contribution in [0, 0.1) is 0 Å². The largest absolute Gasteiger partial charge is 0.379 e. The Morgan fingerprint density at radius 3 is 2.38 bits per heavy atom. The Morgan fingerprint density at radius 2 is 2.00 bits per heavy atom. The predicted octanol–water partition coefficient (Wildman–Crippen LogP) is -1.78. The summed E-state index contributed by atoms with van der Waals surface area (Å²) in [7, 11) is 3.36. The number of ether oxygens (including phenoxy) is 1. The maximum absolute atomic E-state index is 5.16. The van der Waals surface area contributed by atoms with Crippen molar-refractivity contribution >= 4 is 15.0 Å². The van der Waals surface area contributed by atoms with Crippen LogP contribution in [0.25, 0.3) is 0 Å². The molecule has 0 saturated carbocycles. The molecule has 0 aromatic carbocycles. The third kappa shape index (κ3) is 1.53. The summed E-state index contributed by atoms with van der Waals surface area (Å²) < 4.78 is 5.16. The zero-order valence-electron chi connectivity index (χ0n) is 5.39. The molecule has 0 bridgehead atoms. The lowest BCUT2D eigenvalue weighted by Gasteiger charge is -2.24. The van der Waals surface area contributed by atoms with Crippen molar-refractivity contribution in [2.75, 3.05) is 26.3 Å². The molecule has 4 heteroatoms. The molecule has 0 aliphatic carbocycles. The first-order valence-electron chi connectivity index (χ1n) is 3.23.